The average Bonchev–Trinajstić information content (AvgIpc) is 3.13. The number of hydrogen-bond donors (Lipinski definition) is 4. The molecule has 2 aliphatic heterocycles. The Hall–Kier alpha value is -5.68. The van der Waals surface area contributed by atoms with Crippen LogP contribution in [-0.2, 0) is 17.9 Å². The van der Waals surface area contributed by atoms with Crippen LogP contribution in [0.15, 0.2) is 66.7 Å². The number of nitrogens with one attached hydrogen (secondary N) is 3. The van der Waals surface area contributed by atoms with Crippen LogP contribution in [0.25, 0.3) is 11.3 Å². The molecule has 1 fully saturated rings. The van der Waals surface area contributed by atoms with Crippen molar-refractivity contribution in [3.05, 3.63) is 101 Å². The van der Waals surface area contributed by atoms with Crippen LogP contribution in [0.2, 0.25) is 0 Å². The molecule has 17 heteroatoms. The molecular weight excluding hydrogens is 727 g/mol. The van der Waals surface area contributed by atoms with E-state index < -0.39 is 35.5 Å². The fourth-order valence-electron chi connectivity index (χ4n) is 6.07. The molecule has 3 heterocycles. The van der Waals surface area contributed by atoms with Crippen LogP contribution >= 0.6 is 0 Å². The minimum Gasteiger partial charge on any atom is -0.475 e. The molecule has 0 spiro atoms. The van der Waals surface area contributed by atoms with Crippen molar-refractivity contribution >= 4 is 35.4 Å². The molecule has 0 bridgehead atoms. The number of anilines is 3. The van der Waals surface area contributed by atoms with Crippen LogP contribution in [0.1, 0.15) is 40.9 Å². The van der Waals surface area contributed by atoms with Gasteiger partial charge in [-0.15, -0.1) is 0 Å². The van der Waals surface area contributed by atoms with E-state index in [0.717, 1.165) is 61.9 Å². The van der Waals surface area contributed by atoms with Crippen LogP contribution in [0, 0.1) is 18.6 Å². The fourth-order valence-corrected chi connectivity index (χ4v) is 6.07. The SMILES string of the molecule is Cc1ccc(C(=O)NC(C)C)cc1-c1nc(NCCN2CCN(Cc3ccccc3)CC2)nc2c1CNC(=O)N2c1c(F)cccc1F.O=C(O)C(F)(F)F. The van der Waals surface area contributed by atoms with Crippen molar-refractivity contribution in [2.75, 3.05) is 49.5 Å². The number of carboxylic acids is 1. The fraction of sp³-hybridized carbons (Fsp3) is 0.342. The predicted molar refractivity (Wildman–Crippen MR) is 196 cm³/mol. The van der Waals surface area contributed by atoms with E-state index in [1.165, 1.54) is 11.6 Å². The smallest absolute Gasteiger partial charge is 0.475 e. The number of nitrogens with zero attached hydrogens (tertiary/aromatic N) is 5. The minimum absolute atomic E-state index is 0.0332. The van der Waals surface area contributed by atoms with Crippen molar-refractivity contribution < 1.29 is 41.4 Å². The molecule has 0 unspecified atom stereocenters. The molecule has 0 saturated carbocycles. The summed E-state index contributed by atoms with van der Waals surface area (Å²) in [4.78, 5) is 50.3. The quantitative estimate of drug-likeness (QED) is 0.141. The molecule has 3 amide bonds. The van der Waals surface area contributed by atoms with E-state index in [1.807, 2.05) is 32.9 Å². The number of aryl methyl sites for hydroxylation is 1. The molecule has 6 rings (SSSR count). The highest BCUT2D eigenvalue weighted by Gasteiger charge is 2.38. The van der Waals surface area contributed by atoms with Crippen LogP contribution in [0.3, 0.4) is 0 Å². The number of fused-ring (bicyclic) bond motifs is 1. The van der Waals surface area contributed by atoms with E-state index in [0.29, 0.717) is 28.9 Å². The van der Waals surface area contributed by atoms with Gasteiger partial charge < -0.3 is 21.1 Å². The largest absolute Gasteiger partial charge is 0.490 e. The Kier molecular flexibility index (Phi) is 13.0. The summed E-state index contributed by atoms with van der Waals surface area (Å²) < 4.78 is 62.0. The average molecular weight is 769 g/mol. The maximum atomic E-state index is 15.1. The van der Waals surface area contributed by atoms with Crippen LogP contribution < -0.4 is 20.9 Å². The van der Waals surface area contributed by atoms with Gasteiger partial charge in [-0.1, -0.05) is 42.5 Å². The molecule has 1 aromatic heterocycles. The minimum atomic E-state index is -5.08. The van der Waals surface area contributed by atoms with Gasteiger partial charge in [-0.2, -0.15) is 18.2 Å². The summed E-state index contributed by atoms with van der Waals surface area (Å²) in [5.41, 5.74) is 3.62. The van der Waals surface area contributed by atoms with Gasteiger partial charge in [0.2, 0.25) is 5.95 Å². The summed E-state index contributed by atoms with van der Waals surface area (Å²) in [5.74, 6) is -4.52. The van der Waals surface area contributed by atoms with E-state index in [1.54, 1.807) is 12.1 Å². The highest BCUT2D eigenvalue weighted by atomic mass is 19.4. The third kappa shape index (κ3) is 10.3. The molecule has 4 N–H and O–H groups in total. The van der Waals surface area contributed by atoms with E-state index in [9.17, 15) is 22.8 Å². The summed E-state index contributed by atoms with van der Waals surface area (Å²) in [6, 6.07) is 18.4. The first-order chi connectivity index (χ1) is 26.1. The zero-order valence-corrected chi connectivity index (χ0v) is 30.4. The Bertz CT molecular complexity index is 1990. The summed E-state index contributed by atoms with van der Waals surface area (Å²) in [7, 11) is 0. The number of rotatable bonds is 10. The predicted octanol–water partition coefficient (Wildman–Crippen LogP) is 6.09. The van der Waals surface area contributed by atoms with Gasteiger partial charge in [0.05, 0.1) is 12.2 Å². The lowest BCUT2D eigenvalue weighted by atomic mass is 9.97. The number of carboxylic acid groups (broad SMARTS) is 1. The lowest BCUT2D eigenvalue weighted by Gasteiger charge is -2.34. The van der Waals surface area contributed by atoms with Gasteiger partial charge in [0.1, 0.15) is 17.3 Å². The van der Waals surface area contributed by atoms with Crippen molar-refractivity contribution in [2.45, 2.75) is 46.1 Å². The number of carbonyl (C=O) groups excluding carboxylic acids is 2. The first-order valence-electron chi connectivity index (χ1n) is 17.5. The van der Waals surface area contributed by atoms with E-state index in [2.05, 4.69) is 55.0 Å². The van der Waals surface area contributed by atoms with E-state index in [4.69, 9.17) is 14.9 Å². The maximum absolute atomic E-state index is 15.1. The van der Waals surface area contributed by atoms with E-state index in [-0.39, 0.29) is 30.3 Å². The Balaban J connectivity index is 0.000000757. The molecule has 292 valence electrons. The number of halogens is 5. The molecule has 55 heavy (non-hydrogen) atoms. The zero-order valence-electron chi connectivity index (χ0n) is 30.4. The molecule has 1 saturated heterocycles. The number of amides is 3. The van der Waals surface area contributed by atoms with Crippen molar-refractivity contribution in [2.24, 2.45) is 0 Å². The highest BCUT2D eigenvalue weighted by molar-refractivity contribution is 6.02. The molecule has 0 atom stereocenters. The van der Waals surface area contributed by atoms with Gasteiger partial charge in [0.25, 0.3) is 5.91 Å². The first kappa shape index (κ1) is 40.5. The summed E-state index contributed by atoms with van der Waals surface area (Å²) in [6.07, 6.45) is -5.08. The molecule has 12 nitrogen and oxygen atoms in total. The van der Waals surface area contributed by atoms with Crippen molar-refractivity contribution in [3.63, 3.8) is 0 Å². The number of carbonyl (C=O) groups is 3. The Morgan fingerprint density at radius 3 is 2.18 bits per heavy atom. The Labute approximate surface area is 314 Å². The second-order valence-electron chi connectivity index (χ2n) is 13.3. The lowest BCUT2D eigenvalue weighted by Crippen LogP contribution is -2.47. The van der Waals surface area contributed by atoms with Crippen LogP contribution in [-0.4, -0.2) is 94.3 Å². The second kappa shape index (κ2) is 17.6. The first-order valence-corrected chi connectivity index (χ1v) is 17.5. The van der Waals surface area contributed by atoms with Gasteiger partial charge in [-0.05, 0) is 56.2 Å². The van der Waals surface area contributed by atoms with Crippen LogP contribution in [0.5, 0.6) is 0 Å². The number of alkyl halides is 3. The normalized spacial score (nSPS) is 14.8. The third-order valence-corrected chi connectivity index (χ3v) is 8.82. The summed E-state index contributed by atoms with van der Waals surface area (Å²) in [5, 5.41) is 16.1. The molecular formula is C38H41F5N8O4. The standard InChI is InChI=1S/C36H40F2N8O2.C2HF3O2/c1-23(2)41-34(47)26-13-12-24(3)27(20-26)31-28-21-40-36(48)46(32-29(37)10-7-11-30(32)38)33(28)43-35(42-31)39-14-15-44-16-18-45(19-17-44)22-25-8-5-4-6-9-25;3-2(4,5)1(6)7/h4-13,20,23H,14-19,21-22H2,1-3H3,(H,40,48)(H,41,47)(H,39,42,43);(H,6,7). The molecule has 0 radical (unpaired) electrons. The number of aromatic nitrogens is 2. The number of para-hydroxylation sites is 1. The summed E-state index contributed by atoms with van der Waals surface area (Å²) >= 11 is 0. The van der Waals surface area contributed by atoms with Gasteiger partial charge >= 0.3 is 18.2 Å². The second-order valence-corrected chi connectivity index (χ2v) is 13.3. The summed E-state index contributed by atoms with van der Waals surface area (Å²) in [6.45, 7) is 11.6. The number of piperazine rings is 1. The van der Waals surface area contributed by atoms with Gasteiger partial charge in [0, 0.05) is 68.5 Å². The lowest BCUT2D eigenvalue weighted by molar-refractivity contribution is -0.192. The van der Waals surface area contributed by atoms with Crippen molar-refractivity contribution in [1.29, 1.82) is 0 Å². The van der Waals surface area contributed by atoms with Gasteiger partial charge in [-0.25, -0.2) is 28.3 Å². The van der Waals surface area contributed by atoms with Crippen LogP contribution in [0.4, 0.5) is 44.2 Å². The van der Waals surface area contributed by atoms with Crippen molar-refractivity contribution in [1.82, 2.24) is 30.4 Å². The zero-order chi connectivity index (χ0) is 39.9. The van der Waals surface area contributed by atoms with Gasteiger partial charge in [-0.3, -0.25) is 14.6 Å². The Morgan fingerprint density at radius 2 is 1.56 bits per heavy atom. The number of aliphatic carboxylic acids is 1. The van der Waals surface area contributed by atoms with E-state index >= 15 is 8.78 Å². The highest BCUT2D eigenvalue weighted by Crippen LogP contribution is 2.39. The number of urea groups is 1. The Morgan fingerprint density at radius 1 is 0.927 bits per heavy atom. The van der Waals surface area contributed by atoms with Gasteiger partial charge in [0.15, 0.2) is 5.82 Å². The molecule has 0 aliphatic carbocycles. The molecule has 2 aliphatic rings. The maximum Gasteiger partial charge on any atom is 0.490 e. The number of benzene rings is 3. The van der Waals surface area contributed by atoms with Crippen molar-refractivity contribution in [3.8, 4) is 11.3 Å². The monoisotopic (exact) mass is 768 g/mol. The third-order valence-electron chi connectivity index (χ3n) is 8.82. The number of hydrogen-bond acceptors (Lipinski definition) is 8. The molecule has 4 aromatic rings. The molecule has 3 aromatic carbocycles. The topological polar surface area (TPSA) is 143 Å².